The molecule has 10 nitrogen and oxygen atoms in total. The summed E-state index contributed by atoms with van der Waals surface area (Å²) in [5.74, 6) is -1.44. The molecule has 0 spiro atoms. The third-order valence-electron chi connectivity index (χ3n) is 9.53. The number of carbonyl (C=O) groups excluding carboxylic acids is 2. The average Bonchev–Trinajstić information content (AvgIpc) is 2.88. The number of hydrogen-bond donors (Lipinski definition) is 5. The Labute approximate surface area is 243 Å². The van der Waals surface area contributed by atoms with Crippen molar-refractivity contribution in [3.8, 4) is 0 Å². The fourth-order valence-corrected chi connectivity index (χ4v) is 7.36. The molecule has 0 aliphatic carbocycles. The third kappa shape index (κ3) is 7.81. The summed E-state index contributed by atoms with van der Waals surface area (Å²) in [4.78, 5) is 34.9. The number of likely N-dealkylation sites (tertiary alicyclic amines) is 2. The maximum atomic E-state index is 15.4. The van der Waals surface area contributed by atoms with Crippen LogP contribution in [0.1, 0.15) is 65.7 Å². The van der Waals surface area contributed by atoms with Gasteiger partial charge in [0.25, 0.3) is 0 Å². The zero-order chi connectivity index (χ0) is 29.9. The molecule has 4 aliphatic heterocycles. The number of nitrogens with zero attached hydrogens (tertiary/aromatic N) is 3. The Morgan fingerprint density at radius 2 is 1.85 bits per heavy atom. The van der Waals surface area contributed by atoms with Crippen LogP contribution in [0, 0.1) is 17.3 Å². The zero-order valence-electron chi connectivity index (χ0n) is 25.0. The largest absolute Gasteiger partial charge is 0.386 e. The lowest BCUT2D eigenvalue weighted by atomic mass is 9.73. The summed E-state index contributed by atoms with van der Waals surface area (Å²) in [6.07, 6.45) is 1.33. The normalized spacial score (nSPS) is 34.3. The molecule has 6 unspecified atom stereocenters. The van der Waals surface area contributed by atoms with Crippen LogP contribution in [-0.2, 0) is 9.59 Å². The van der Waals surface area contributed by atoms with Gasteiger partial charge in [-0.2, -0.15) is 0 Å². The number of carbonyl (C=O) groups is 2. The summed E-state index contributed by atoms with van der Waals surface area (Å²) in [6.45, 7) is 8.24. The highest BCUT2D eigenvalue weighted by Crippen LogP contribution is 2.37. The van der Waals surface area contributed by atoms with E-state index in [1.165, 1.54) is 0 Å². The predicted molar refractivity (Wildman–Crippen MR) is 155 cm³/mol. The van der Waals surface area contributed by atoms with Crippen LogP contribution in [0.25, 0.3) is 0 Å². The zero-order valence-corrected chi connectivity index (χ0v) is 25.0. The SMILES string of the molecule is CCCC1(C)CCC(F)CN=C(C(C(=O)NC2CNCC(F)C2N2CCC(C(=O)N3CC(C)(O)C3)CC2)C(N)N)C1. The number of nitrogens with two attached hydrogens (primary N) is 2. The number of β-amino-alcohol motifs (C(OH)–C–C–N with tert-alkyl or cyclic N) is 1. The van der Waals surface area contributed by atoms with E-state index in [4.69, 9.17) is 11.5 Å². The molecule has 0 aromatic rings. The number of aliphatic imine (C=N–C) groups is 1. The van der Waals surface area contributed by atoms with Crippen molar-refractivity contribution in [2.24, 2.45) is 33.7 Å². The van der Waals surface area contributed by atoms with Crippen molar-refractivity contribution < 1.29 is 23.5 Å². The van der Waals surface area contributed by atoms with Gasteiger partial charge in [0.2, 0.25) is 11.8 Å². The molecule has 2 amide bonds. The minimum absolute atomic E-state index is 0.0170. The molecule has 6 atom stereocenters. The van der Waals surface area contributed by atoms with Crippen LogP contribution in [0.5, 0.6) is 0 Å². The van der Waals surface area contributed by atoms with E-state index >= 15 is 4.39 Å². The predicted octanol–water partition coefficient (Wildman–Crippen LogP) is 0.715. The second-order valence-electron chi connectivity index (χ2n) is 13.5. The van der Waals surface area contributed by atoms with E-state index in [1.807, 2.05) is 4.90 Å². The molecule has 234 valence electrons. The third-order valence-corrected chi connectivity index (χ3v) is 9.53. The molecule has 0 saturated carbocycles. The first kappa shape index (κ1) is 32.2. The van der Waals surface area contributed by atoms with Gasteiger partial charge < -0.3 is 32.1 Å². The van der Waals surface area contributed by atoms with Gasteiger partial charge in [0.05, 0.1) is 43.5 Å². The summed E-state index contributed by atoms with van der Waals surface area (Å²) < 4.78 is 30.0. The number of piperidine rings is 2. The second-order valence-corrected chi connectivity index (χ2v) is 13.5. The molecule has 4 heterocycles. The number of nitrogens with one attached hydrogen (secondary N) is 2. The van der Waals surface area contributed by atoms with Crippen LogP contribution in [0.3, 0.4) is 0 Å². The van der Waals surface area contributed by atoms with E-state index in [0.29, 0.717) is 70.5 Å². The molecule has 12 heteroatoms. The Bertz CT molecular complexity index is 951. The summed E-state index contributed by atoms with van der Waals surface area (Å²) >= 11 is 0. The van der Waals surface area contributed by atoms with Crippen LogP contribution in [0.15, 0.2) is 4.99 Å². The molecule has 4 aliphatic rings. The van der Waals surface area contributed by atoms with Crippen molar-refractivity contribution in [3.63, 3.8) is 0 Å². The topological polar surface area (TPSA) is 149 Å². The summed E-state index contributed by atoms with van der Waals surface area (Å²) in [5, 5.41) is 16.1. The molecule has 4 rings (SSSR count). The summed E-state index contributed by atoms with van der Waals surface area (Å²) in [6, 6.07) is -1.09. The quantitative estimate of drug-likeness (QED) is 0.264. The molecular weight excluding hydrogens is 532 g/mol. The van der Waals surface area contributed by atoms with Gasteiger partial charge in [0, 0.05) is 24.7 Å². The monoisotopic (exact) mass is 583 g/mol. The second kappa shape index (κ2) is 13.3. The molecule has 0 bridgehead atoms. The van der Waals surface area contributed by atoms with Gasteiger partial charge >= 0.3 is 0 Å². The first-order valence-electron chi connectivity index (χ1n) is 15.4. The van der Waals surface area contributed by atoms with Crippen LogP contribution >= 0.6 is 0 Å². The van der Waals surface area contributed by atoms with E-state index in [-0.39, 0.29) is 30.3 Å². The molecule has 0 aromatic heterocycles. The molecule has 0 radical (unpaired) electrons. The number of alkyl halides is 2. The van der Waals surface area contributed by atoms with E-state index in [0.717, 1.165) is 12.8 Å². The maximum absolute atomic E-state index is 15.4. The lowest BCUT2D eigenvalue weighted by Gasteiger charge is -2.48. The van der Waals surface area contributed by atoms with Crippen LogP contribution < -0.4 is 22.1 Å². The van der Waals surface area contributed by atoms with Crippen LogP contribution in [0.4, 0.5) is 8.78 Å². The van der Waals surface area contributed by atoms with Gasteiger partial charge in [0.1, 0.15) is 18.3 Å². The number of halogens is 2. The van der Waals surface area contributed by atoms with Gasteiger partial charge in [-0.25, -0.2) is 8.78 Å². The minimum Gasteiger partial charge on any atom is -0.386 e. The number of amides is 2. The molecule has 7 N–H and O–H groups in total. The Kier molecular flexibility index (Phi) is 10.4. The number of aliphatic hydroxyl groups is 1. The number of rotatable bonds is 8. The fourth-order valence-electron chi connectivity index (χ4n) is 7.36. The van der Waals surface area contributed by atoms with Gasteiger partial charge in [-0.05, 0) is 64.0 Å². The molecule has 41 heavy (non-hydrogen) atoms. The van der Waals surface area contributed by atoms with Crippen molar-refractivity contribution in [3.05, 3.63) is 0 Å². The summed E-state index contributed by atoms with van der Waals surface area (Å²) in [5.41, 5.74) is 11.8. The molecular formula is C29H51F2N7O3. The Balaban J connectivity index is 1.43. The van der Waals surface area contributed by atoms with Gasteiger partial charge in [0.15, 0.2) is 0 Å². The molecule has 0 aromatic carbocycles. The van der Waals surface area contributed by atoms with Gasteiger partial charge in [-0.15, -0.1) is 0 Å². The fraction of sp³-hybridized carbons (Fsp3) is 0.897. The summed E-state index contributed by atoms with van der Waals surface area (Å²) in [7, 11) is 0. The van der Waals surface area contributed by atoms with E-state index in [1.54, 1.807) is 11.8 Å². The van der Waals surface area contributed by atoms with Crippen LogP contribution in [-0.4, -0.2) is 114 Å². The standard InChI is InChI=1S/C29H51F2N7O3/c1-4-8-28(2)9-5-19(30)13-35-21(12-28)23(25(32)33)26(39)36-22-15-34-14-20(31)24(22)37-10-6-18(7-11-37)27(40)38-16-29(3,41)17-38/h18-20,22-25,34,41H,4-17,32-33H2,1-3H3,(H,36,39). The van der Waals surface area contributed by atoms with E-state index in [2.05, 4.69) is 29.5 Å². The van der Waals surface area contributed by atoms with E-state index < -0.39 is 48.0 Å². The minimum atomic E-state index is -1.21. The van der Waals surface area contributed by atoms with Crippen molar-refractivity contribution >= 4 is 17.5 Å². The maximum Gasteiger partial charge on any atom is 0.232 e. The van der Waals surface area contributed by atoms with Crippen molar-refractivity contribution in [1.82, 2.24) is 20.4 Å². The Morgan fingerprint density at radius 3 is 2.46 bits per heavy atom. The highest BCUT2D eigenvalue weighted by atomic mass is 19.1. The van der Waals surface area contributed by atoms with Crippen LogP contribution in [0.2, 0.25) is 0 Å². The molecule has 3 saturated heterocycles. The van der Waals surface area contributed by atoms with Crippen molar-refractivity contribution in [2.75, 3.05) is 45.8 Å². The average molecular weight is 584 g/mol. The lowest BCUT2D eigenvalue weighted by Crippen LogP contribution is -2.67. The van der Waals surface area contributed by atoms with Gasteiger partial charge in [-0.3, -0.25) is 19.5 Å². The Morgan fingerprint density at radius 1 is 1.17 bits per heavy atom. The van der Waals surface area contributed by atoms with Gasteiger partial charge in [-0.1, -0.05) is 20.3 Å². The van der Waals surface area contributed by atoms with Crippen molar-refractivity contribution in [1.29, 1.82) is 0 Å². The smallest absolute Gasteiger partial charge is 0.232 e. The first-order valence-corrected chi connectivity index (χ1v) is 15.4. The highest BCUT2D eigenvalue weighted by Gasteiger charge is 2.45. The Hall–Kier alpha value is -1.73. The molecule has 3 fully saturated rings. The van der Waals surface area contributed by atoms with Crippen molar-refractivity contribution in [2.45, 2.75) is 102 Å². The first-order chi connectivity index (χ1) is 19.3. The number of hydrogen-bond acceptors (Lipinski definition) is 8. The lowest BCUT2D eigenvalue weighted by molar-refractivity contribution is -0.158. The van der Waals surface area contributed by atoms with E-state index in [9.17, 15) is 19.1 Å². The highest BCUT2D eigenvalue weighted by molar-refractivity contribution is 6.05.